The summed E-state index contributed by atoms with van der Waals surface area (Å²) < 4.78 is 5.60. The highest BCUT2D eigenvalue weighted by Gasteiger charge is 2.15. The van der Waals surface area contributed by atoms with Crippen LogP contribution >= 0.6 is 11.6 Å². The lowest BCUT2D eigenvalue weighted by Crippen LogP contribution is -2.22. The molecule has 2 rings (SSSR count). The molecular formula is C14H19ClN2O2. The van der Waals surface area contributed by atoms with E-state index in [9.17, 15) is 4.79 Å². The molecule has 104 valence electrons. The molecule has 0 saturated carbocycles. The summed E-state index contributed by atoms with van der Waals surface area (Å²) in [7, 11) is 0. The van der Waals surface area contributed by atoms with E-state index >= 15 is 0 Å². The minimum absolute atomic E-state index is 0.0387. The SMILES string of the molecule is Nc1cc(Cl)ccc1NC(=O)CCC1CCCCO1. The number of nitrogen functional groups attached to an aromatic ring is 1. The van der Waals surface area contributed by atoms with Gasteiger partial charge in [-0.05, 0) is 43.9 Å². The molecule has 0 radical (unpaired) electrons. The Morgan fingerprint density at radius 3 is 3.00 bits per heavy atom. The molecule has 1 atom stereocenters. The molecule has 19 heavy (non-hydrogen) atoms. The molecule has 0 aromatic heterocycles. The van der Waals surface area contributed by atoms with E-state index in [0.29, 0.717) is 22.8 Å². The monoisotopic (exact) mass is 282 g/mol. The third-order valence-electron chi connectivity index (χ3n) is 3.26. The number of carbonyl (C=O) groups excluding carboxylic acids is 1. The first kappa shape index (κ1) is 14.2. The quantitative estimate of drug-likeness (QED) is 0.834. The van der Waals surface area contributed by atoms with Crippen LogP contribution < -0.4 is 11.1 Å². The number of nitrogens with one attached hydrogen (secondary N) is 1. The molecule has 1 fully saturated rings. The highest BCUT2D eigenvalue weighted by molar-refractivity contribution is 6.31. The highest BCUT2D eigenvalue weighted by Crippen LogP contribution is 2.23. The van der Waals surface area contributed by atoms with E-state index in [0.717, 1.165) is 25.9 Å². The van der Waals surface area contributed by atoms with Crippen molar-refractivity contribution in [2.45, 2.75) is 38.2 Å². The van der Waals surface area contributed by atoms with E-state index in [1.54, 1.807) is 18.2 Å². The number of halogens is 1. The van der Waals surface area contributed by atoms with E-state index in [1.807, 2.05) is 0 Å². The summed E-state index contributed by atoms with van der Waals surface area (Å²) in [6, 6.07) is 5.05. The van der Waals surface area contributed by atoms with Gasteiger partial charge in [-0.25, -0.2) is 0 Å². The van der Waals surface area contributed by atoms with Crippen LogP contribution in [0.25, 0.3) is 0 Å². The molecule has 4 nitrogen and oxygen atoms in total. The molecule has 0 bridgehead atoms. The standard InChI is InChI=1S/C14H19ClN2O2/c15-10-4-6-13(12(16)9-10)17-14(18)7-5-11-3-1-2-8-19-11/h4,6,9,11H,1-3,5,7-8,16H2,(H,17,18). The first-order chi connectivity index (χ1) is 9.15. The van der Waals surface area contributed by atoms with Crippen LogP contribution in [0.3, 0.4) is 0 Å². The maximum absolute atomic E-state index is 11.8. The predicted octanol–water partition coefficient (Wildman–Crippen LogP) is 3.21. The Balaban J connectivity index is 1.80. The minimum atomic E-state index is -0.0387. The molecule has 3 N–H and O–H groups in total. The van der Waals surface area contributed by atoms with Crippen LogP contribution in [0.1, 0.15) is 32.1 Å². The van der Waals surface area contributed by atoms with E-state index in [1.165, 1.54) is 6.42 Å². The van der Waals surface area contributed by atoms with E-state index in [4.69, 9.17) is 22.1 Å². The van der Waals surface area contributed by atoms with Gasteiger partial charge in [-0.2, -0.15) is 0 Å². The Labute approximate surface area is 118 Å². The number of carbonyl (C=O) groups is 1. The van der Waals surface area contributed by atoms with Gasteiger partial charge in [0.1, 0.15) is 0 Å². The second-order valence-corrected chi connectivity index (χ2v) is 5.24. The fourth-order valence-electron chi connectivity index (χ4n) is 2.19. The first-order valence-electron chi connectivity index (χ1n) is 6.61. The van der Waals surface area contributed by atoms with Gasteiger partial charge in [0.05, 0.1) is 17.5 Å². The van der Waals surface area contributed by atoms with Crippen LogP contribution in [-0.4, -0.2) is 18.6 Å². The normalized spacial score (nSPS) is 19.1. The summed E-state index contributed by atoms with van der Waals surface area (Å²) in [5.41, 5.74) is 6.88. The predicted molar refractivity (Wildman–Crippen MR) is 77.3 cm³/mol. The van der Waals surface area contributed by atoms with Crippen molar-refractivity contribution in [3.8, 4) is 0 Å². The molecule has 1 aromatic carbocycles. The number of anilines is 2. The Hall–Kier alpha value is -1.26. The molecule has 1 aromatic rings. The van der Waals surface area contributed by atoms with Crippen LogP contribution in [0.4, 0.5) is 11.4 Å². The van der Waals surface area contributed by atoms with Gasteiger partial charge in [-0.1, -0.05) is 11.6 Å². The van der Waals surface area contributed by atoms with E-state index in [2.05, 4.69) is 5.32 Å². The lowest BCUT2D eigenvalue weighted by molar-refractivity contribution is -0.117. The fraction of sp³-hybridized carbons (Fsp3) is 0.500. The third kappa shape index (κ3) is 4.40. The summed E-state index contributed by atoms with van der Waals surface area (Å²) in [5.74, 6) is -0.0387. The molecule has 0 aliphatic carbocycles. The maximum atomic E-state index is 11.8. The largest absolute Gasteiger partial charge is 0.397 e. The zero-order valence-electron chi connectivity index (χ0n) is 10.8. The second kappa shape index (κ2) is 6.78. The van der Waals surface area contributed by atoms with Gasteiger partial charge in [0.25, 0.3) is 0 Å². The van der Waals surface area contributed by atoms with Gasteiger partial charge >= 0.3 is 0 Å². The van der Waals surface area contributed by atoms with Gasteiger partial charge in [-0.15, -0.1) is 0 Å². The molecule has 1 heterocycles. The Kier molecular flexibility index (Phi) is 5.05. The Morgan fingerprint density at radius 2 is 2.32 bits per heavy atom. The van der Waals surface area contributed by atoms with E-state index in [-0.39, 0.29) is 12.0 Å². The lowest BCUT2D eigenvalue weighted by Gasteiger charge is -2.22. The highest BCUT2D eigenvalue weighted by atomic mass is 35.5. The summed E-state index contributed by atoms with van der Waals surface area (Å²) in [6.07, 6.45) is 4.81. The molecule has 1 aliphatic heterocycles. The van der Waals surface area contributed by atoms with Crippen molar-refractivity contribution in [1.29, 1.82) is 0 Å². The number of hydrogen-bond acceptors (Lipinski definition) is 3. The number of ether oxygens (including phenoxy) is 1. The summed E-state index contributed by atoms with van der Waals surface area (Å²) in [6.45, 7) is 0.816. The van der Waals surface area contributed by atoms with Crippen molar-refractivity contribution >= 4 is 28.9 Å². The summed E-state index contributed by atoms with van der Waals surface area (Å²) >= 11 is 5.81. The molecule has 1 unspecified atom stereocenters. The van der Waals surface area contributed by atoms with Gasteiger partial charge in [0.2, 0.25) is 5.91 Å². The number of hydrogen-bond donors (Lipinski definition) is 2. The van der Waals surface area contributed by atoms with Crippen molar-refractivity contribution in [2.75, 3.05) is 17.7 Å². The van der Waals surface area contributed by atoms with E-state index < -0.39 is 0 Å². The van der Waals surface area contributed by atoms with Crippen molar-refractivity contribution in [2.24, 2.45) is 0 Å². The second-order valence-electron chi connectivity index (χ2n) is 4.81. The molecule has 1 aliphatic rings. The molecular weight excluding hydrogens is 264 g/mol. The van der Waals surface area contributed by atoms with Crippen LogP contribution in [0.2, 0.25) is 5.02 Å². The lowest BCUT2D eigenvalue weighted by atomic mass is 10.0. The van der Waals surface area contributed by atoms with Crippen molar-refractivity contribution in [1.82, 2.24) is 0 Å². The van der Waals surface area contributed by atoms with Gasteiger partial charge in [-0.3, -0.25) is 4.79 Å². The molecule has 5 heteroatoms. The average Bonchev–Trinajstić information content (AvgIpc) is 2.41. The summed E-state index contributed by atoms with van der Waals surface area (Å²) in [5, 5.41) is 3.36. The van der Waals surface area contributed by atoms with Gasteiger partial charge < -0.3 is 15.8 Å². The average molecular weight is 283 g/mol. The summed E-state index contributed by atoms with van der Waals surface area (Å²) in [4.78, 5) is 11.8. The Bertz CT molecular complexity index is 445. The van der Waals surface area contributed by atoms with Gasteiger partial charge in [0, 0.05) is 18.1 Å². The van der Waals surface area contributed by atoms with Crippen molar-refractivity contribution in [3.05, 3.63) is 23.2 Å². The Morgan fingerprint density at radius 1 is 1.47 bits per heavy atom. The molecule has 1 amide bonds. The van der Waals surface area contributed by atoms with Crippen LogP contribution in [0.15, 0.2) is 18.2 Å². The third-order valence-corrected chi connectivity index (χ3v) is 3.49. The van der Waals surface area contributed by atoms with Crippen LogP contribution in [-0.2, 0) is 9.53 Å². The number of rotatable bonds is 4. The molecule has 1 saturated heterocycles. The zero-order valence-corrected chi connectivity index (χ0v) is 11.6. The van der Waals surface area contributed by atoms with Crippen molar-refractivity contribution < 1.29 is 9.53 Å². The minimum Gasteiger partial charge on any atom is -0.397 e. The maximum Gasteiger partial charge on any atom is 0.224 e. The van der Waals surface area contributed by atoms with Crippen molar-refractivity contribution in [3.63, 3.8) is 0 Å². The topological polar surface area (TPSA) is 64.3 Å². The number of amides is 1. The van der Waals surface area contributed by atoms with Crippen LogP contribution in [0.5, 0.6) is 0 Å². The number of benzene rings is 1. The zero-order chi connectivity index (χ0) is 13.7. The smallest absolute Gasteiger partial charge is 0.224 e. The molecule has 0 spiro atoms. The number of nitrogens with two attached hydrogens (primary N) is 1. The fourth-order valence-corrected chi connectivity index (χ4v) is 2.37. The first-order valence-corrected chi connectivity index (χ1v) is 6.99. The van der Waals surface area contributed by atoms with Gasteiger partial charge in [0.15, 0.2) is 0 Å². The van der Waals surface area contributed by atoms with Crippen LogP contribution in [0, 0.1) is 0 Å².